The lowest BCUT2D eigenvalue weighted by Crippen LogP contribution is -2.32. The topological polar surface area (TPSA) is 136 Å². The third kappa shape index (κ3) is 5.23. The van der Waals surface area contributed by atoms with Crippen LogP contribution in [0.2, 0.25) is 0 Å². The Morgan fingerprint density at radius 2 is 1.69 bits per heavy atom. The Kier molecular flexibility index (Phi) is 6.21. The summed E-state index contributed by atoms with van der Waals surface area (Å²) < 4.78 is 5.44. The van der Waals surface area contributed by atoms with E-state index in [-0.39, 0.29) is 58.7 Å². The van der Waals surface area contributed by atoms with Crippen molar-refractivity contribution in [1.29, 1.82) is 0 Å². The normalized spacial score (nSPS) is 21.7. The molecule has 0 saturated heterocycles. The maximum absolute atomic E-state index is 13.0. The molecule has 0 spiro atoms. The third-order valence-electron chi connectivity index (χ3n) is 6.45. The quantitative estimate of drug-likeness (QED) is 0.253. The lowest BCUT2D eigenvalue weighted by atomic mass is 9.73. The third-order valence-corrected chi connectivity index (χ3v) is 6.45. The number of aromatic nitrogens is 1. The van der Waals surface area contributed by atoms with Crippen molar-refractivity contribution in [2.75, 3.05) is 0 Å². The van der Waals surface area contributed by atoms with Gasteiger partial charge in [0.2, 0.25) is 0 Å². The van der Waals surface area contributed by atoms with Gasteiger partial charge in [0.1, 0.15) is 11.5 Å². The number of nitro benzene ring substituents is 1. The monoisotopic (exact) mass is 479 g/mol. The van der Waals surface area contributed by atoms with Crippen molar-refractivity contribution in [3.63, 3.8) is 0 Å². The van der Waals surface area contributed by atoms with Crippen LogP contribution in [0.4, 0.5) is 11.4 Å². The largest absolute Gasteiger partial charge is 0.511 e. The number of carbonyl (C=O) groups excluding carboxylic acids is 2. The number of non-ortho nitro benzene ring substituents is 1. The summed E-state index contributed by atoms with van der Waals surface area (Å²) in [5.41, 5.74) is 1.48. The second-order valence-corrected chi connectivity index (χ2v) is 11.0. The summed E-state index contributed by atoms with van der Waals surface area (Å²) in [4.78, 5) is 40.7. The molecule has 0 aliphatic heterocycles. The Hall–Kier alpha value is -3.62. The zero-order chi connectivity index (χ0) is 25.5. The van der Waals surface area contributed by atoms with Crippen molar-refractivity contribution in [2.45, 2.75) is 66.2 Å². The van der Waals surface area contributed by atoms with Crippen LogP contribution >= 0.6 is 0 Å². The van der Waals surface area contributed by atoms with Crippen molar-refractivity contribution < 1.29 is 24.1 Å². The van der Waals surface area contributed by atoms with E-state index < -0.39 is 4.92 Å². The highest BCUT2D eigenvalue weighted by Crippen LogP contribution is 2.38. The molecule has 2 aromatic rings. The first-order valence-corrected chi connectivity index (χ1v) is 11.6. The molecule has 1 heterocycles. The Balaban J connectivity index is 1.63. The van der Waals surface area contributed by atoms with Gasteiger partial charge in [0.25, 0.3) is 5.69 Å². The predicted octanol–water partition coefficient (Wildman–Crippen LogP) is 5.64. The van der Waals surface area contributed by atoms with Gasteiger partial charge in [-0.25, -0.2) is 0 Å². The number of benzene rings is 1. The first-order chi connectivity index (χ1) is 16.3. The fraction of sp³-hybridized carbons (Fsp3) is 0.462. The van der Waals surface area contributed by atoms with E-state index in [4.69, 9.17) is 4.52 Å². The minimum absolute atomic E-state index is 0.0180. The fourth-order valence-corrected chi connectivity index (χ4v) is 4.87. The van der Waals surface area contributed by atoms with Crippen molar-refractivity contribution in [3.05, 3.63) is 62.7 Å². The summed E-state index contributed by atoms with van der Waals surface area (Å²) in [6.45, 7) is 7.93. The highest BCUT2D eigenvalue weighted by atomic mass is 16.6. The molecule has 9 heteroatoms. The van der Waals surface area contributed by atoms with E-state index in [0.29, 0.717) is 47.7 Å². The first-order valence-electron chi connectivity index (χ1n) is 11.6. The Labute approximate surface area is 203 Å². The molecule has 1 N–H and O–H groups in total. The molecule has 184 valence electrons. The SMILES string of the molecule is CC1(C)CC(=O)C(=C(O)CCc2noc3c2C(=O)CC(C)(C)C3)C(=Nc2ccc([N+](=O)[O-])cc2)C1. The number of ketones is 2. The predicted molar refractivity (Wildman–Crippen MR) is 129 cm³/mol. The Morgan fingerprint density at radius 1 is 1.06 bits per heavy atom. The van der Waals surface area contributed by atoms with Gasteiger partial charge in [-0.1, -0.05) is 32.9 Å². The van der Waals surface area contributed by atoms with Crippen LogP contribution in [0.5, 0.6) is 0 Å². The summed E-state index contributed by atoms with van der Waals surface area (Å²) >= 11 is 0. The van der Waals surface area contributed by atoms with E-state index >= 15 is 0 Å². The molecule has 2 aliphatic rings. The van der Waals surface area contributed by atoms with Crippen molar-refractivity contribution in [3.8, 4) is 0 Å². The molecule has 0 bridgehead atoms. The van der Waals surface area contributed by atoms with E-state index in [1.807, 2.05) is 27.7 Å². The highest BCUT2D eigenvalue weighted by molar-refractivity contribution is 6.25. The summed E-state index contributed by atoms with van der Waals surface area (Å²) in [6, 6.07) is 5.73. The Morgan fingerprint density at radius 3 is 2.34 bits per heavy atom. The minimum atomic E-state index is -0.490. The number of nitro groups is 1. The lowest BCUT2D eigenvalue weighted by Gasteiger charge is -2.31. The molecular formula is C26H29N3O6. The average molecular weight is 480 g/mol. The zero-order valence-electron chi connectivity index (χ0n) is 20.4. The lowest BCUT2D eigenvalue weighted by molar-refractivity contribution is -0.384. The molecule has 9 nitrogen and oxygen atoms in total. The van der Waals surface area contributed by atoms with Crippen LogP contribution in [0.3, 0.4) is 0 Å². The van der Waals surface area contributed by atoms with Crippen LogP contribution < -0.4 is 0 Å². The van der Waals surface area contributed by atoms with Crippen molar-refractivity contribution in [1.82, 2.24) is 5.16 Å². The van der Waals surface area contributed by atoms with Crippen LogP contribution in [0.25, 0.3) is 0 Å². The van der Waals surface area contributed by atoms with Gasteiger partial charge in [-0.15, -0.1) is 0 Å². The van der Waals surface area contributed by atoms with Crippen LogP contribution in [0.1, 0.15) is 75.2 Å². The first kappa shape index (κ1) is 24.5. The molecule has 1 fully saturated rings. The fourth-order valence-electron chi connectivity index (χ4n) is 4.87. The van der Waals surface area contributed by atoms with E-state index in [2.05, 4.69) is 10.1 Å². The van der Waals surface area contributed by atoms with E-state index in [1.54, 1.807) is 0 Å². The molecule has 0 radical (unpaired) electrons. The number of aliphatic imine (C=N–C) groups is 1. The zero-order valence-corrected chi connectivity index (χ0v) is 20.4. The molecule has 1 aromatic carbocycles. The van der Waals surface area contributed by atoms with E-state index in [0.717, 1.165) is 0 Å². The minimum Gasteiger partial charge on any atom is -0.511 e. The molecule has 2 aliphatic carbocycles. The number of hydrogen-bond acceptors (Lipinski definition) is 8. The smallest absolute Gasteiger partial charge is 0.269 e. The number of nitrogens with zero attached hydrogens (tertiary/aromatic N) is 3. The molecule has 4 rings (SSSR count). The van der Waals surface area contributed by atoms with Gasteiger partial charge in [-0.05, 0) is 29.4 Å². The highest BCUT2D eigenvalue weighted by Gasteiger charge is 2.38. The van der Waals surface area contributed by atoms with Gasteiger partial charge in [-0.2, -0.15) is 0 Å². The summed E-state index contributed by atoms with van der Waals surface area (Å²) in [5, 5.41) is 26.0. The average Bonchev–Trinajstić information content (AvgIpc) is 3.13. The number of fused-ring (bicyclic) bond motifs is 1. The summed E-state index contributed by atoms with van der Waals surface area (Å²) in [7, 11) is 0. The molecule has 0 unspecified atom stereocenters. The van der Waals surface area contributed by atoms with Gasteiger partial charge in [0.15, 0.2) is 11.6 Å². The van der Waals surface area contributed by atoms with Crippen LogP contribution in [-0.2, 0) is 17.6 Å². The van der Waals surface area contributed by atoms with Crippen molar-refractivity contribution >= 4 is 28.7 Å². The molecule has 0 atom stereocenters. The van der Waals surface area contributed by atoms with Gasteiger partial charge in [-0.3, -0.25) is 24.7 Å². The second kappa shape index (κ2) is 8.87. The number of aryl methyl sites for hydroxylation is 1. The second-order valence-electron chi connectivity index (χ2n) is 11.0. The number of aliphatic hydroxyl groups is 1. The Bertz CT molecular complexity index is 1260. The van der Waals surface area contributed by atoms with Gasteiger partial charge >= 0.3 is 0 Å². The summed E-state index contributed by atoms with van der Waals surface area (Å²) in [5.74, 6) is 0.241. The number of carbonyl (C=O) groups is 2. The number of Topliss-reactive ketones (excluding diaryl/α,β-unsaturated/α-hetero) is 2. The van der Waals surface area contributed by atoms with Crippen LogP contribution in [0.15, 0.2) is 45.1 Å². The van der Waals surface area contributed by atoms with Crippen molar-refractivity contribution in [2.24, 2.45) is 15.8 Å². The number of allylic oxidation sites excluding steroid dienone is 2. The number of rotatable bonds is 5. The van der Waals surface area contributed by atoms with Gasteiger partial charge < -0.3 is 9.63 Å². The summed E-state index contributed by atoms with van der Waals surface area (Å²) in [6.07, 6.45) is 2.10. The van der Waals surface area contributed by atoms with Crippen LogP contribution in [0, 0.1) is 20.9 Å². The van der Waals surface area contributed by atoms with E-state index in [1.165, 1.54) is 24.3 Å². The number of hydrogen-bond donors (Lipinski definition) is 1. The molecule has 1 saturated carbocycles. The van der Waals surface area contributed by atoms with Gasteiger partial charge in [0, 0.05) is 44.2 Å². The molecular weight excluding hydrogens is 450 g/mol. The standard InChI is InChI=1S/C26H29N3O6/c1-25(2)11-18(27-15-5-7-16(8-6-15)29(33)34)23(20(31)12-25)19(30)10-9-17-24-21(32)13-26(3,4)14-22(24)35-28-17/h5-8,30H,9-14H2,1-4H3. The molecule has 35 heavy (non-hydrogen) atoms. The molecule has 0 amide bonds. The maximum Gasteiger partial charge on any atom is 0.269 e. The maximum atomic E-state index is 13.0. The number of aliphatic hydroxyl groups excluding tert-OH is 1. The van der Waals surface area contributed by atoms with E-state index in [9.17, 15) is 24.8 Å². The van der Waals surface area contributed by atoms with Crippen LogP contribution in [-0.4, -0.2) is 32.5 Å². The molecule has 1 aromatic heterocycles. The van der Waals surface area contributed by atoms with Gasteiger partial charge in [0.05, 0.1) is 33.2 Å².